The molecule has 1 aromatic rings. The van der Waals surface area contributed by atoms with Crippen LogP contribution >= 0.6 is 12.4 Å². The highest BCUT2D eigenvalue weighted by Gasteiger charge is 2.28. The minimum absolute atomic E-state index is 0. The highest BCUT2D eigenvalue weighted by molar-refractivity contribution is 5.85. The molecule has 1 heterocycles. The maximum atomic E-state index is 12.9. The number of nitrogens with zero attached hydrogens (tertiary/aromatic N) is 1. The van der Waals surface area contributed by atoms with Crippen molar-refractivity contribution in [1.82, 2.24) is 4.90 Å². The van der Waals surface area contributed by atoms with Crippen LogP contribution < -0.4 is 10.5 Å². The third-order valence-electron chi connectivity index (χ3n) is 3.07. The largest absolute Gasteiger partial charge is 0.488 e. The van der Waals surface area contributed by atoms with Crippen molar-refractivity contribution in [3.05, 3.63) is 30.1 Å². The molecule has 1 aliphatic rings. The van der Waals surface area contributed by atoms with Gasteiger partial charge >= 0.3 is 0 Å². The van der Waals surface area contributed by atoms with E-state index in [1.54, 1.807) is 12.1 Å². The average molecular weight is 291 g/mol. The van der Waals surface area contributed by atoms with E-state index in [1.165, 1.54) is 12.1 Å². The van der Waals surface area contributed by atoms with Crippen LogP contribution in [0.2, 0.25) is 0 Å². The molecule has 108 valence electrons. The van der Waals surface area contributed by atoms with Gasteiger partial charge in [-0.3, -0.25) is 4.90 Å². The Kier molecular flexibility index (Phi) is 6.51. The van der Waals surface area contributed by atoms with E-state index >= 15 is 0 Å². The fourth-order valence-corrected chi connectivity index (χ4v) is 1.95. The SMILES string of the molecule is Cl.N[C@H](CO)CCN1CC(Oc2cccc(F)c2)C1. The fourth-order valence-electron chi connectivity index (χ4n) is 1.95. The number of ether oxygens (including phenoxy) is 1. The molecule has 1 fully saturated rings. The molecule has 0 aromatic heterocycles. The minimum atomic E-state index is -0.280. The van der Waals surface area contributed by atoms with E-state index in [4.69, 9.17) is 15.6 Å². The molecule has 4 nitrogen and oxygen atoms in total. The van der Waals surface area contributed by atoms with E-state index in [1.807, 2.05) is 0 Å². The number of nitrogens with two attached hydrogens (primary N) is 1. The lowest BCUT2D eigenvalue weighted by Gasteiger charge is -2.39. The van der Waals surface area contributed by atoms with Crippen molar-refractivity contribution >= 4 is 12.4 Å². The Balaban J connectivity index is 0.00000180. The van der Waals surface area contributed by atoms with Gasteiger partial charge in [-0.1, -0.05) is 6.07 Å². The lowest BCUT2D eigenvalue weighted by molar-refractivity contribution is 0.0173. The Bertz CT molecular complexity index is 389. The monoisotopic (exact) mass is 290 g/mol. The molecule has 19 heavy (non-hydrogen) atoms. The Morgan fingerprint density at radius 1 is 1.47 bits per heavy atom. The Hall–Kier alpha value is -0.880. The third-order valence-corrected chi connectivity index (χ3v) is 3.07. The molecule has 0 amide bonds. The van der Waals surface area contributed by atoms with Crippen LogP contribution in [-0.2, 0) is 0 Å². The first-order valence-electron chi connectivity index (χ1n) is 6.18. The third kappa shape index (κ3) is 4.95. The van der Waals surface area contributed by atoms with Crippen LogP contribution in [0.15, 0.2) is 24.3 Å². The number of likely N-dealkylation sites (tertiary alicyclic amines) is 1. The first kappa shape index (κ1) is 16.2. The second kappa shape index (κ2) is 7.65. The highest BCUT2D eigenvalue weighted by Crippen LogP contribution is 2.19. The maximum Gasteiger partial charge on any atom is 0.126 e. The molecule has 0 bridgehead atoms. The summed E-state index contributed by atoms with van der Waals surface area (Å²) in [7, 11) is 0. The van der Waals surface area contributed by atoms with Crippen LogP contribution in [0.5, 0.6) is 5.75 Å². The first-order chi connectivity index (χ1) is 8.67. The predicted octanol–water partition coefficient (Wildman–Crippen LogP) is 1.02. The lowest BCUT2D eigenvalue weighted by Crippen LogP contribution is -2.54. The Labute approximate surface area is 118 Å². The van der Waals surface area contributed by atoms with Gasteiger partial charge in [0.05, 0.1) is 6.61 Å². The molecule has 6 heteroatoms. The van der Waals surface area contributed by atoms with E-state index < -0.39 is 0 Å². The molecular weight excluding hydrogens is 271 g/mol. The summed E-state index contributed by atoms with van der Waals surface area (Å²) in [5.74, 6) is 0.296. The maximum absolute atomic E-state index is 12.9. The van der Waals surface area contributed by atoms with E-state index in [9.17, 15) is 4.39 Å². The van der Waals surface area contributed by atoms with Crippen molar-refractivity contribution in [2.24, 2.45) is 5.73 Å². The van der Waals surface area contributed by atoms with Crippen molar-refractivity contribution in [2.75, 3.05) is 26.2 Å². The highest BCUT2D eigenvalue weighted by atomic mass is 35.5. The van der Waals surface area contributed by atoms with E-state index in [0.717, 1.165) is 26.1 Å². The van der Waals surface area contributed by atoms with E-state index in [2.05, 4.69) is 4.90 Å². The summed E-state index contributed by atoms with van der Waals surface area (Å²) in [6, 6.07) is 6.04. The molecule has 0 aliphatic carbocycles. The van der Waals surface area contributed by atoms with Gasteiger partial charge in [-0.2, -0.15) is 0 Å². The van der Waals surface area contributed by atoms with Crippen molar-refractivity contribution in [3.63, 3.8) is 0 Å². The van der Waals surface area contributed by atoms with Gasteiger partial charge in [0.15, 0.2) is 0 Å². The molecular formula is C13H20ClFN2O2. The molecule has 1 saturated heterocycles. The molecule has 0 radical (unpaired) electrons. The van der Waals surface area contributed by atoms with Gasteiger partial charge in [0.2, 0.25) is 0 Å². The summed E-state index contributed by atoms with van der Waals surface area (Å²) in [6.45, 7) is 2.55. The smallest absolute Gasteiger partial charge is 0.126 e. The molecule has 3 N–H and O–H groups in total. The zero-order valence-corrected chi connectivity index (χ0v) is 11.5. The van der Waals surface area contributed by atoms with Crippen molar-refractivity contribution < 1.29 is 14.2 Å². The van der Waals surface area contributed by atoms with Gasteiger partial charge in [0, 0.05) is 31.7 Å². The summed E-state index contributed by atoms with van der Waals surface area (Å²) in [5.41, 5.74) is 5.63. The van der Waals surface area contributed by atoms with E-state index in [-0.39, 0.29) is 37.0 Å². The Morgan fingerprint density at radius 3 is 2.84 bits per heavy atom. The lowest BCUT2D eigenvalue weighted by atomic mass is 10.1. The van der Waals surface area contributed by atoms with Crippen LogP contribution in [0.4, 0.5) is 4.39 Å². The standard InChI is InChI=1S/C13H19FN2O2.ClH/c14-10-2-1-3-12(6-10)18-13-7-16(8-13)5-4-11(15)9-17;/h1-3,6,11,13,17H,4-5,7-9,15H2;1H/t11-;/m0./s1. The van der Waals surface area contributed by atoms with Crippen LogP contribution in [0, 0.1) is 5.82 Å². The molecule has 2 rings (SSSR count). The molecule has 0 unspecified atom stereocenters. The number of aliphatic hydroxyl groups excluding tert-OH is 1. The van der Waals surface area contributed by atoms with Crippen molar-refractivity contribution in [3.8, 4) is 5.75 Å². The van der Waals surface area contributed by atoms with Crippen molar-refractivity contribution in [2.45, 2.75) is 18.6 Å². The topological polar surface area (TPSA) is 58.7 Å². The summed E-state index contributed by atoms with van der Waals surface area (Å²) >= 11 is 0. The average Bonchev–Trinajstić information content (AvgIpc) is 2.31. The second-order valence-corrected chi connectivity index (χ2v) is 4.69. The predicted molar refractivity (Wildman–Crippen MR) is 74.2 cm³/mol. The van der Waals surface area contributed by atoms with Crippen LogP contribution in [0.3, 0.4) is 0 Å². The number of aliphatic hydroxyl groups is 1. The summed E-state index contributed by atoms with van der Waals surface area (Å²) in [6.07, 6.45) is 0.903. The van der Waals surface area contributed by atoms with Gasteiger partial charge in [0.25, 0.3) is 0 Å². The number of hydrogen-bond donors (Lipinski definition) is 2. The molecule has 0 saturated carbocycles. The number of benzene rings is 1. The summed E-state index contributed by atoms with van der Waals surface area (Å²) < 4.78 is 18.6. The van der Waals surface area contributed by atoms with Gasteiger partial charge in [-0.05, 0) is 18.6 Å². The number of rotatable bonds is 6. The van der Waals surface area contributed by atoms with E-state index in [0.29, 0.717) is 5.75 Å². The fraction of sp³-hybridized carbons (Fsp3) is 0.538. The van der Waals surface area contributed by atoms with Gasteiger partial charge in [0.1, 0.15) is 17.7 Å². The van der Waals surface area contributed by atoms with Crippen LogP contribution in [0.1, 0.15) is 6.42 Å². The summed E-state index contributed by atoms with van der Waals surface area (Å²) in [4.78, 5) is 2.21. The van der Waals surface area contributed by atoms with Crippen LogP contribution in [0.25, 0.3) is 0 Å². The molecule has 0 spiro atoms. The van der Waals surface area contributed by atoms with Crippen molar-refractivity contribution in [1.29, 1.82) is 0 Å². The second-order valence-electron chi connectivity index (χ2n) is 4.69. The number of halogens is 2. The molecule has 1 atom stereocenters. The Morgan fingerprint density at radius 2 is 2.21 bits per heavy atom. The van der Waals surface area contributed by atoms with Gasteiger partial charge < -0.3 is 15.6 Å². The normalized spacial score (nSPS) is 17.4. The first-order valence-corrected chi connectivity index (χ1v) is 6.18. The molecule has 1 aliphatic heterocycles. The van der Waals surface area contributed by atoms with Gasteiger partial charge in [-0.25, -0.2) is 4.39 Å². The zero-order chi connectivity index (χ0) is 13.0. The minimum Gasteiger partial charge on any atom is -0.488 e. The van der Waals surface area contributed by atoms with Gasteiger partial charge in [-0.15, -0.1) is 12.4 Å². The molecule has 1 aromatic carbocycles. The zero-order valence-electron chi connectivity index (χ0n) is 10.7. The number of hydrogen-bond acceptors (Lipinski definition) is 4. The van der Waals surface area contributed by atoms with Crippen LogP contribution in [-0.4, -0.2) is 48.4 Å². The quantitative estimate of drug-likeness (QED) is 0.821. The summed E-state index contributed by atoms with van der Waals surface area (Å²) in [5, 5.41) is 8.81.